The fraction of sp³-hybridized carbons (Fsp3) is 0.167. The lowest BCUT2D eigenvalue weighted by atomic mass is 10.3. The Labute approximate surface area is 205 Å². The third-order valence-corrected chi connectivity index (χ3v) is 5.22. The van der Waals surface area contributed by atoms with E-state index in [4.69, 9.17) is 44.9 Å². The van der Waals surface area contributed by atoms with Crippen LogP contribution in [0.4, 0.5) is 0 Å². The number of halogens is 4. The van der Waals surface area contributed by atoms with Gasteiger partial charge >= 0.3 is 0 Å². The average molecular weight is 600 g/mol. The Bertz CT molecular complexity index is 965. The van der Waals surface area contributed by atoms with Crippen LogP contribution in [-0.4, -0.2) is 29.6 Å². The number of nitrogens with one attached hydrogen (secondary N) is 3. The van der Waals surface area contributed by atoms with E-state index in [2.05, 4.69) is 48.0 Å². The van der Waals surface area contributed by atoms with Gasteiger partial charge in [-0.25, -0.2) is 0 Å². The summed E-state index contributed by atoms with van der Waals surface area (Å²) in [5.74, 6) is -0.246. The van der Waals surface area contributed by atoms with Crippen LogP contribution in [-0.2, 0) is 9.59 Å². The molecule has 0 saturated heterocycles. The molecule has 7 nitrogen and oxygen atoms in total. The summed E-state index contributed by atoms with van der Waals surface area (Å²) >= 11 is 23.5. The fourth-order valence-electron chi connectivity index (χ4n) is 1.96. The van der Waals surface area contributed by atoms with Crippen molar-refractivity contribution in [2.45, 2.75) is 13.0 Å². The molecule has 3 N–H and O–H groups in total. The molecule has 30 heavy (non-hydrogen) atoms. The molecule has 2 aromatic carbocycles. The molecule has 0 aliphatic carbocycles. The summed E-state index contributed by atoms with van der Waals surface area (Å²) in [6, 6.07) is 9.91. The molecule has 0 aliphatic heterocycles. The Hall–Kier alpha value is -1.59. The molecule has 0 fully saturated rings. The van der Waals surface area contributed by atoms with E-state index in [0.29, 0.717) is 21.0 Å². The zero-order valence-electron chi connectivity index (χ0n) is 15.3. The predicted molar refractivity (Wildman–Crippen MR) is 126 cm³/mol. The maximum atomic E-state index is 12.1. The Morgan fingerprint density at radius 2 is 1.80 bits per heavy atom. The molecule has 0 spiro atoms. The van der Waals surface area contributed by atoms with Crippen molar-refractivity contribution in [1.29, 1.82) is 0 Å². The van der Waals surface area contributed by atoms with Gasteiger partial charge < -0.3 is 9.47 Å². The van der Waals surface area contributed by atoms with Crippen LogP contribution in [0.1, 0.15) is 6.92 Å². The topological polar surface area (TPSA) is 88.7 Å². The quantitative estimate of drug-likeness (QED) is 0.337. The number of carbonyl (C=O) groups excluding carboxylic acids is 2. The molecular formula is C18H15Br2Cl2N3O4S. The first-order valence-electron chi connectivity index (χ1n) is 8.25. The number of hydrogen-bond acceptors (Lipinski definition) is 5. The number of benzene rings is 2. The van der Waals surface area contributed by atoms with E-state index in [0.717, 1.165) is 4.47 Å². The standard InChI is InChI=1S/C18H15Br2Cl2N3O4S/c1-9(29-15-5-3-11(21)7-13(15)22)17(27)24-25-18(30)23-16(26)8-28-14-4-2-10(19)6-12(14)20/h2-7,9H,8H2,1H3,(H,24,27)(H2,23,25,26,30). The summed E-state index contributed by atoms with van der Waals surface area (Å²) < 4.78 is 12.4. The molecule has 160 valence electrons. The minimum Gasteiger partial charge on any atom is -0.483 e. The van der Waals surface area contributed by atoms with Gasteiger partial charge in [-0.1, -0.05) is 39.1 Å². The van der Waals surface area contributed by atoms with Gasteiger partial charge in [-0.05, 0) is 71.5 Å². The van der Waals surface area contributed by atoms with Crippen molar-refractivity contribution in [3.05, 3.63) is 55.4 Å². The summed E-state index contributed by atoms with van der Waals surface area (Å²) in [7, 11) is 0. The minimum atomic E-state index is -0.896. The lowest BCUT2D eigenvalue weighted by molar-refractivity contribution is -0.128. The molecule has 0 bridgehead atoms. The normalized spacial score (nSPS) is 11.2. The predicted octanol–water partition coefficient (Wildman–Crippen LogP) is 4.39. The minimum absolute atomic E-state index is 0.108. The second-order valence-electron chi connectivity index (χ2n) is 5.69. The van der Waals surface area contributed by atoms with Crippen LogP contribution in [0.25, 0.3) is 0 Å². The van der Waals surface area contributed by atoms with Crippen molar-refractivity contribution < 1.29 is 19.1 Å². The van der Waals surface area contributed by atoms with Crippen molar-refractivity contribution >= 4 is 84.2 Å². The van der Waals surface area contributed by atoms with Crippen LogP contribution in [0, 0.1) is 0 Å². The van der Waals surface area contributed by atoms with E-state index in [1.807, 2.05) is 0 Å². The van der Waals surface area contributed by atoms with Crippen molar-refractivity contribution in [2.24, 2.45) is 0 Å². The smallest absolute Gasteiger partial charge is 0.279 e. The maximum Gasteiger partial charge on any atom is 0.279 e. The van der Waals surface area contributed by atoms with E-state index in [1.165, 1.54) is 13.0 Å². The zero-order valence-corrected chi connectivity index (χ0v) is 20.8. The van der Waals surface area contributed by atoms with Crippen molar-refractivity contribution in [3.63, 3.8) is 0 Å². The number of hydrogen-bond donors (Lipinski definition) is 3. The third-order valence-electron chi connectivity index (χ3n) is 3.37. The van der Waals surface area contributed by atoms with Crippen molar-refractivity contribution in [2.75, 3.05) is 6.61 Å². The van der Waals surface area contributed by atoms with Gasteiger partial charge in [0.1, 0.15) is 11.5 Å². The lowest BCUT2D eigenvalue weighted by Crippen LogP contribution is -2.52. The summed E-state index contributed by atoms with van der Waals surface area (Å²) in [4.78, 5) is 24.1. The molecular weight excluding hydrogens is 585 g/mol. The number of hydrazine groups is 1. The number of carbonyl (C=O) groups is 2. The fourth-order valence-corrected chi connectivity index (χ4v) is 3.74. The Morgan fingerprint density at radius 1 is 1.10 bits per heavy atom. The van der Waals surface area contributed by atoms with Gasteiger partial charge in [0.25, 0.3) is 11.8 Å². The van der Waals surface area contributed by atoms with Crippen molar-refractivity contribution in [1.82, 2.24) is 16.2 Å². The van der Waals surface area contributed by atoms with Crippen LogP contribution in [0.2, 0.25) is 10.0 Å². The average Bonchev–Trinajstić information content (AvgIpc) is 2.67. The first-order valence-corrected chi connectivity index (χ1v) is 11.0. The van der Waals surface area contributed by atoms with Gasteiger partial charge in [0, 0.05) is 9.50 Å². The summed E-state index contributed by atoms with van der Waals surface area (Å²) in [5, 5.41) is 2.99. The second-order valence-corrected chi connectivity index (χ2v) is 8.71. The second kappa shape index (κ2) is 11.7. The molecule has 0 aromatic heterocycles. The molecule has 2 amide bonds. The number of amides is 2. The number of rotatable bonds is 6. The maximum absolute atomic E-state index is 12.1. The highest BCUT2D eigenvalue weighted by atomic mass is 79.9. The third kappa shape index (κ3) is 7.92. The highest BCUT2D eigenvalue weighted by Crippen LogP contribution is 2.29. The molecule has 12 heteroatoms. The van der Waals surface area contributed by atoms with Crippen LogP contribution < -0.4 is 25.6 Å². The van der Waals surface area contributed by atoms with Gasteiger partial charge in [0.2, 0.25) is 0 Å². The monoisotopic (exact) mass is 597 g/mol. The summed E-state index contributed by atoms with van der Waals surface area (Å²) in [6.07, 6.45) is -0.896. The van der Waals surface area contributed by atoms with E-state index < -0.39 is 17.9 Å². The van der Waals surface area contributed by atoms with Gasteiger partial charge in [-0.3, -0.25) is 25.8 Å². The molecule has 0 aliphatic rings. The van der Waals surface area contributed by atoms with E-state index >= 15 is 0 Å². The van der Waals surface area contributed by atoms with E-state index in [-0.39, 0.29) is 16.7 Å². The SMILES string of the molecule is CC(Oc1ccc(Cl)cc1Cl)C(=O)NNC(=S)NC(=O)COc1ccc(Br)cc1Br. The van der Waals surface area contributed by atoms with Gasteiger partial charge in [0.15, 0.2) is 17.8 Å². The molecule has 0 radical (unpaired) electrons. The Balaban J connectivity index is 1.74. The number of ether oxygens (including phenoxy) is 2. The molecule has 2 aromatic rings. The Morgan fingerprint density at radius 3 is 2.47 bits per heavy atom. The summed E-state index contributed by atoms with van der Waals surface area (Å²) in [5.41, 5.74) is 4.75. The first-order chi connectivity index (χ1) is 14.2. The molecule has 1 atom stereocenters. The zero-order chi connectivity index (χ0) is 22.3. The molecule has 0 saturated carbocycles. The molecule has 2 rings (SSSR count). The first kappa shape index (κ1) is 24.7. The Kier molecular flexibility index (Phi) is 9.63. The lowest BCUT2D eigenvalue weighted by Gasteiger charge is -2.17. The summed E-state index contributed by atoms with van der Waals surface area (Å²) in [6.45, 7) is 1.25. The largest absolute Gasteiger partial charge is 0.483 e. The highest BCUT2D eigenvalue weighted by Gasteiger charge is 2.17. The van der Waals surface area contributed by atoms with E-state index in [1.54, 1.807) is 30.3 Å². The number of thiocarbonyl (C=S) groups is 1. The van der Waals surface area contributed by atoms with Crippen LogP contribution in [0.15, 0.2) is 45.3 Å². The van der Waals surface area contributed by atoms with Gasteiger partial charge in [-0.2, -0.15) is 0 Å². The van der Waals surface area contributed by atoms with Gasteiger partial charge in [-0.15, -0.1) is 0 Å². The van der Waals surface area contributed by atoms with Crippen LogP contribution in [0.3, 0.4) is 0 Å². The molecule has 1 unspecified atom stereocenters. The van der Waals surface area contributed by atoms with E-state index in [9.17, 15) is 9.59 Å². The molecule has 0 heterocycles. The van der Waals surface area contributed by atoms with Crippen molar-refractivity contribution in [3.8, 4) is 11.5 Å². The highest BCUT2D eigenvalue weighted by molar-refractivity contribution is 9.11. The van der Waals surface area contributed by atoms with Crippen LogP contribution >= 0.6 is 67.3 Å². The van der Waals surface area contributed by atoms with Crippen LogP contribution in [0.5, 0.6) is 11.5 Å². The van der Waals surface area contributed by atoms with Gasteiger partial charge in [0.05, 0.1) is 9.50 Å².